The highest BCUT2D eigenvalue weighted by Gasteiger charge is 2.31. The fraction of sp³-hybridized carbons (Fsp3) is 0.143. The van der Waals surface area contributed by atoms with Crippen molar-refractivity contribution in [3.63, 3.8) is 0 Å². The number of carbonyl (C=O) groups excluding carboxylic acids is 2. The number of rotatable bonds is 3. The topological polar surface area (TPSA) is 95.6 Å². The van der Waals surface area contributed by atoms with Gasteiger partial charge in [0.1, 0.15) is 10.8 Å². The number of hydrogen-bond acceptors (Lipinski definition) is 5. The smallest absolute Gasteiger partial charge is 0.275 e. The summed E-state index contributed by atoms with van der Waals surface area (Å²) in [4.78, 5) is 24.0. The summed E-state index contributed by atoms with van der Waals surface area (Å²) in [5, 5.41) is 4.28. The molecule has 1 aliphatic heterocycles. The van der Waals surface area contributed by atoms with Gasteiger partial charge in [0.25, 0.3) is 10.0 Å². The van der Waals surface area contributed by atoms with E-state index in [1.165, 1.54) is 6.07 Å². The Bertz CT molecular complexity index is 522. The Morgan fingerprint density at radius 3 is 2.69 bits per heavy atom. The third kappa shape index (κ3) is 2.05. The molecule has 1 aromatic heterocycles. The van der Waals surface area contributed by atoms with Crippen molar-refractivity contribution >= 4 is 33.3 Å². The molecule has 16 heavy (non-hydrogen) atoms. The molecule has 86 valence electrons. The lowest BCUT2D eigenvalue weighted by Gasteiger charge is -2.13. The molecule has 2 N–H and O–H groups in total. The van der Waals surface area contributed by atoms with Crippen LogP contribution in [0.2, 0.25) is 0 Å². The third-order valence-corrected chi connectivity index (χ3v) is 4.52. The largest absolute Gasteiger partial charge is 0.339 e. The quantitative estimate of drug-likeness (QED) is 0.716. The molecule has 0 radical (unpaired) electrons. The zero-order valence-electron chi connectivity index (χ0n) is 7.84. The monoisotopic (exact) mass is 261 g/mol. The van der Waals surface area contributed by atoms with E-state index in [0.29, 0.717) is 0 Å². The summed E-state index contributed by atoms with van der Waals surface area (Å²) in [5.74, 6) is -0.543. The Balaban J connectivity index is 2.17. The van der Waals surface area contributed by atoms with Gasteiger partial charge in [0.05, 0.1) is 0 Å². The Labute approximate surface area is 95.1 Å². The molecule has 0 atom stereocenters. The molecule has 0 saturated carbocycles. The minimum atomic E-state index is -3.78. The number of hydrogen-bond donors (Lipinski definition) is 2. The lowest BCUT2D eigenvalue weighted by atomic mass is 10.7. The molecule has 7 nitrogen and oxygen atoms in total. The lowest BCUT2D eigenvalue weighted by molar-refractivity contribution is -0.118. The predicted molar refractivity (Wildman–Crippen MR) is 54.9 cm³/mol. The van der Waals surface area contributed by atoms with Crippen molar-refractivity contribution in [1.29, 1.82) is 0 Å². The molecule has 0 aliphatic carbocycles. The summed E-state index contributed by atoms with van der Waals surface area (Å²) in [7, 11) is -3.78. The van der Waals surface area contributed by atoms with Gasteiger partial charge in [-0.15, -0.1) is 16.2 Å². The maximum Gasteiger partial charge on any atom is 0.339 e. The van der Waals surface area contributed by atoms with Gasteiger partial charge in [0.15, 0.2) is 0 Å². The number of sulfonamides is 1. The first-order chi connectivity index (χ1) is 7.49. The zero-order chi connectivity index (χ0) is 11.8. The average molecular weight is 261 g/mol. The Morgan fingerprint density at radius 2 is 2.19 bits per heavy atom. The first-order valence-corrected chi connectivity index (χ1v) is 6.52. The highest BCUT2D eigenvalue weighted by molar-refractivity contribution is 7.91. The van der Waals surface area contributed by atoms with Crippen molar-refractivity contribution in [2.24, 2.45) is 0 Å². The van der Waals surface area contributed by atoms with Gasteiger partial charge in [-0.2, -0.15) is 0 Å². The minimum absolute atomic E-state index is 0.0830. The van der Waals surface area contributed by atoms with Crippen LogP contribution in [-0.2, 0) is 14.8 Å². The zero-order valence-corrected chi connectivity index (χ0v) is 9.47. The standard InChI is InChI=1S/C7H7N3O4S2/c11-5-4-10(7(12)8-5)9-16(13,14)6-2-1-3-15-6/h1-3,9H,4H2,(H,8,11,12). The van der Waals surface area contributed by atoms with Gasteiger partial charge in [0, 0.05) is 0 Å². The maximum absolute atomic E-state index is 11.7. The van der Waals surface area contributed by atoms with Crippen molar-refractivity contribution < 1.29 is 18.0 Å². The van der Waals surface area contributed by atoms with Gasteiger partial charge in [-0.1, -0.05) is 6.07 Å². The molecule has 1 saturated heterocycles. The van der Waals surface area contributed by atoms with Crippen molar-refractivity contribution in [2.45, 2.75) is 4.21 Å². The van der Waals surface area contributed by atoms with Gasteiger partial charge >= 0.3 is 6.03 Å². The van der Waals surface area contributed by atoms with E-state index in [2.05, 4.69) is 0 Å². The number of thiophene rings is 1. The SMILES string of the molecule is O=C1CN(NS(=O)(=O)c2cccs2)C(=O)N1. The van der Waals surface area contributed by atoms with Crippen LogP contribution in [0.15, 0.2) is 21.7 Å². The van der Waals surface area contributed by atoms with Crippen molar-refractivity contribution in [3.05, 3.63) is 17.5 Å². The Hall–Kier alpha value is -1.45. The Morgan fingerprint density at radius 1 is 1.44 bits per heavy atom. The number of amides is 3. The first-order valence-electron chi connectivity index (χ1n) is 4.16. The summed E-state index contributed by atoms with van der Waals surface area (Å²) in [6.45, 7) is -0.316. The molecule has 1 fully saturated rings. The Kier molecular flexibility index (Phi) is 2.66. The van der Waals surface area contributed by atoms with Crippen LogP contribution < -0.4 is 10.1 Å². The number of hydrazine groups is 1. The van der Waals surface area contributed by atoms with E-state index >= 15 is 0 Å². The molecule has 0 spiro atoms. The second kappa shape index (κ2) is 3.85. The summed E-state index contributed by atoms with van der Waals surface area (Å²) in [6.07, 6.45) is 0. The van der Waals surface area contributed by atoms with E-state index in [0.717, 1.165) is 16.3 Å². The molecule has 0 bridgehead atoms. The van der Waals surface area contributed by atoms with Crippen molar-refractivity contribution in [3.8, 4) is 0 Å². The van der Waals surface area contributed by atoms with Crippen LogP contribution in [0, 0.1) is 0 Å². The second-order valence-corrected chi connectivity index (χ2v) is 5.80. The number of nitrogens with zero attached hydrogens (tertiary/aromatic N) is 1. The molecule has 2 heterocycles. The summed E-state index contributed by atoms with van der Waals surface area (Å²) < 4.78 is 23.4. The molecular formula is C7H7N3O4S2. The predicted octanol–water partition coefficient (Wildman–Crippen LogP) is -0.507. The van der Waals surface area contributed by atoms with E-state index in [4.69, 9.17) is 0 Å². The van der Waals surface area contributed by atoms with Crippen LogP contribution in [0.1, 0.15) is 0 Å². The normalized spacial score (nSPS) is 16.6. The number of nitrogens with one attached hydrogen (secondary N) is 2. The van der Waals surface area contributed by atoms with E-state index in [1.807, 2.05) is 10.1 Å². The molecule has 2 rings (SSSR count). The van der Waals surface area contributed by atoms with Gasteiger partial charge in [-0.3, -0.25) is 10.1 Å². The summed E-state index contributed by atoms with van der Waals surface area (Å²) >= 11 is 1.02. The molecule has 0 aromatic carbocycles. The minimum Gasteiger partial charge on any atom is -0.275 e. The van der Waals surface area contributed by atoms with E-state index in [1.54, 1.807) is 11.4 Å². The highest BCUT2D eigenvalue weighted by Crippen LogP contribution is 2.15. The number of urea groups is 1. The molecular weight excluding hydrogens is 254 g/mol. The first kappa shape index (κ1) is 11.0. The van der Waals surface area contributed by atoms with Crippen LogP contribution in [0.25, 0.3) is 0 Å². The fourth-order valence-electron chi connectivity index (χ4n) is 1.12. The average Bonchev–Trinajstić information content (AvgIpc) is 2.76. The van der Waals surface area contributed by atoms with E-state index in [-0.39, 0.29) is 10.8 Å². The van der Waals surface area contributed by atoms with E-state index in [9.17, 15) is 18.0 Å². The molecule has 9 heteroatoms. The number of carbonyl (C=O) groups is 2. The summed E-state index contributed by atoms with van der Waals surface area (Å²) in [5.41, 5.74) is 0. The van der Waals surface area contributed by atoms with Crippen LogP contribution in [-0.4, -0.2) is 31.9 Å². The lowest BCUT2D eigenvalue weighted by Crippen LogP contribution is -2.43. The summed E-state index contributed by atoms with van der Waals surface area (Å²) in [6, 6.07) is 2.21. The van der Waals surface area contributed by atoms with Gasteiger partial charge < -0.3 is 0 Å². The van der Waals surface area contributed by atoms with Crippen LogP contribution >= 0.6 is 11.3 Å². The second-order valence-electron chi connectivity index (χ2n) is 2.97. The van der Waals surface area contributed by atoms with Crippen molar-refractivity contribution in [2.75, 3.05) is 6.54 Å². The van der Waals surface area contributed by atoms with Gasteiger partial charge in [0.2, 0.25) is 5.91 Å². The van der Waals surface area contributed by atoms with Gasteiger partial charge in [-0.25, -0.2) is 18.2 Å². The van der Waals surface area contributed by atoms with Crippen molar-refractivity contribution in [1.82, 2.24) is 15.2 Å². The highest BCUT2D eigenvalue weighted by atomic mass is 32.2. The van der Waals surface area contributed by atoms with Crippen LogP contribution in [0.3, 0.4) is 0 Å². The molecule has 3 amide bonds. The molecule has 0 unspecified atom stereocenters. The third-order valence-electron chi connectivity index (χ3n) is 1.78. The van der Waals surface area contributed by atoms with E-state index < -0.39 is 22.0 Å². The molecule has 1 aliphatic rings. The van der Waals surface area contributed by atoms with Gasteiger partial charge in [-0.05, 0) is 11.4 Å². The van der Waals surface area contributed by atoms with Crippen LogP contribution in [0.5, 0.6) is 0 Å². The maximum atomic E-state index is 11.7. The fourth-order valence-corrected chi connectivity index (χ4v) is 3.14. The number of imide groups is 1. The molecule has 1 aromatic rings. The van der Waals surface area contributed by atoms with Crippen LogP contribution in [0.4, 0.5) is 4.79 Å².